The first-order valence-electron chi connectivity index (χ1n) is 7.66. The molecule has 4 nitrogen and oxygen atoms in total. The summed E-state index contributed by atoms with van der Waals surface area (Å²) >= 11 is 0. The second kappa shape index (κ2) is 3.93. The zero-order valence-corrected chi connectivity index (χ0v) is 12.3. The van der Waals surface area contributed by atoms with Crippen LogP contribution in [-0.2, 0) is 19.0 Å². The molecule has 0 aromatic carbocycles. The lowest BCUT2D eigenvalue weighted by Gasteiger charge is -2.46. The number of hydrogen-bond acceptors (Lipinski definition) is 4. The van der Waals surface area contributed by atoms with E-state index in [-0.39, 0.29) is 30.0 Å². The minimum Gasteiger partial charge on any atom is -0.341 e. The molecule has 5 atom stereocenters. The smallest absolute Gasteiger partial charge is 0.188 e. The third-order valence-electron chi connectivity index (χ3n) is 5.28. The molecule has 20 heavy (non-hydrogen) atoms. The van der Waals surface area contributed by atoms with Gasteiger partial charge in [-0.15, -0.1) is 0 Å². The van der Waals surface area contributed by atoms with Gasteiger partial charge in [-0.05, 0) is 40.0 Å². The summed E-state index contributed by atoms with van der Waals surface area (Å²) in [6, 6.07) is 0. The summed E-state index contributed by atoms with van der Waals surface area (Å²) < 4.78 is 18.2. The van der Waals surface area contributed by atoms with Gasteiger partial charge in [-0.3, -0.25) is 4.79 Å². The van der Waals surface area contributed by atoms with E-state index in [1.54, 1.807) is 0 Å². The first-order valence-corrected chi connectivity index (χ1v) is 7.66. The molecule has 1 saturated carbocycles. The highest BCUT2D eigenvalue weighted by Crippen LogP contribution is 2.56. The Balaban J connectivity index is 1.76. The Hall–Kier alpha value is -0.710. The van der Waals surface area contributed by atoms with Gasteiger partial charge in [0.05, 0.1) is 0 Å². The number of carbonyl (C=O) groups is 1. The molecule has 0 aromatic rings. The molecule has 2 aliphatic heterocycles. The molecule has 0 unspecified atom stereocenters. The minimum atomic E-state index is -0.677. The molecule has 0 N–H and O–H groups in total. The highest BCUT2D eigenvalue weighted by Gasteiger charge is 2.67. The molecule has 3 fully saturated rings. The lowest BCUT2D eigenvalue weighted by molar-refractivity contribution is -0.240. The molecule has 0 amide bonds. The molecule has 2 heterocycles. The summed E-state index contributed by atoms with van der Waals surface area (Å²) in [6.45, 7) is 5.97. The highest BCUT2D eigenvalue weighted by atomic mass is 16.8. The van der Waals surface area contributed by atoms with Gasteiger partial charge in [0.2, 0.25) is 0 Å². The summed E-state index contributed by atoms with van der Waals surface area (Å²) in [5, 5.41) is 0. The highest BCUT2D eigenvalue weighted by molar-refractivity contribution is 5.90. The summed E-state index contributed by atoms with van der Waals surface area (Å²) in [5.41, 5.74) is 0.673. The zero-order valence-electron chi connectivity index (χ0n) is 12.3. The van der Waals surface area contributed by atoms with Gasteiger partial charge in [0.1, 0.15) is 11.7 Å². The van der Waals surface area contributed by atoms with E-state index in [1.165, 1.54) is 5.57 Å². The van der Waals surface area contributed by atoms with Crippen LogP contribution in [0.15, 0.2) is 11.6 Å². The van der Waals surface area contributed by atoms with E-state index >= 15 is 0 Å². The molecular formula is C16H22O4. The van der Waals surface area contributed by atoms with Crippen LogP contribution < -0.4 is 0 Å². The SMILES string of the molecule is CC1=C[C@H]2CCCC(=O)[C@]23O[C@@H]2OC(C)(C)O[C@@H]2[C@H]3C1. The summed E-state index contributed by atoms with van der Waals surface area (Å²) in [5.74, 6) is -0.0541. The Morgan fingerprint density at radius 1 is 1.25 bits per heavy atom. The molecule has 4 heteroatoms. The maximum Gasteiger partial charge on any atom is 0.188 e. The van der Waals surface area contributed by atoms with Crippen molar-refractivity contribution in [2.24, 2.45) is 11.8 Å². The fourth-order valence-corrected chi connectivity index (χ4v) is 4.61. The van der Waals surface area contributed by atoms with Crippen molar-refractivity contribution in [2.45, 2.75) is 70.2 Å². The molecule has 0 bridgehead atoms. The number of Topliss-reactive ketones (excluding diaryl/α,β-unsaturated/α-hetero) is 1. The quantitative estimate of drug-likeness (QED) is 0.639. The van der Waals surface area contributed by atoms with Crippen molar-refractivity contribution in [3.05, 3.63) is 11.6 Å². The number of ether oxygens (including phenoxy) is 3. The van der Waals surface area contributed by atoms with Crippen LogP contribution in [0.5, 0.6) is 0 Å². The Morgan fingerprint density at radius 2 is 2.05 bits per heavy atom. The van der Waals surface area contributed by atoms with Crippen LogP contribution in [0.1, 0.15) is 46.5 Å². The molecular weight excluding hydrogens is 256 g/mol. The normalized spacial score (nSPS) is 49.4. The number of allylic oxidation sites excluding steroid dienone is 1. The molecule has 0 radical (unpaired) electrons. The second-order valence-corrected chi connectivity index (χ2v) is 7.13. The fourth-order valence-electron chi connectivity index (χ4n) is 4.61. The van der Waals surface area contributed by atoms with E-state index in [0.29, 0.717) is 6.42 Å². The van der Waals surface area contributed by atoms with Crippen molar-refractivity contribution >= 4 is 5.78 Å². The van der Waals surface area contributed by atoms with Crippen molar-refractivity contribution in [3.8, 4) is 0 Å². The standard InChI is InChI=1S/C16H22O4/c1-9-7-10-5-4-6-12(17)16(10)11(8-9)13-14(20-16)19-15(2,3)18-13/h7,10-11,13-14H,4-6,8H2,1-3H3/t10-,11-,13-,14+,16+/m1/s1. The van der Waals surface area contributed by atoms with Crippen LogP contribution in [0, 0.1) is 11.8 Å². The van der Waals surface area contributed by atoms with Crippen LogP contribution in [-0.4, -0.2) is 29.6 Å². The monoisotopic (exact) mass is 278 g/mol. The first-order chi connectivity index (χ1) is 9.42. The molecule has 110 valence electrons. The van der Waals surface area contributed by atoms with Crippen molar-refractivity contribution in [2.75, 3.05) is 0 Å². The van der Waals surface area contributed by atoms with Crippen molar-refractivity contribution in [1.82, 2.24) is 0 Å². The van der Waals surface area contributed by atoms with Gasteiger partial charge in [0, 0.05) is 18.3 Å². The van der Waals surface area contributed by atoms with Gasteiger partial charge in [0.25, 0.3) is 0 Å². The van der Waals surface area contributed by atoms with E-state index in [1.807, 2.05) is 13.8 Å². The number of rotatable bonds is 0. The van der Waals surface area contributed by atoms with Crippen LogP contribution in [0.4, 0.5) is 0 Å². The van der Waals surface area contributed by atoms with Crippen molar-refractivity contribution < 1.29 is 19.0 Å². The predicted molar refractivity (Wildman–Crippen MR) is 71.9 cm³/mol. The lowest BCUT2D eigenvalue weighted by Crippen LogP contribution is -2.56. The number of ketones is 1. The van der Waals surface area contributed by atoms with Gasteiger partial charge in [0.15, 0.2) is 17.9 Å². The summed E-state index contributed by atoms with van der Waals surface area (Å²) in [4.78, 5) is 12.7. The third-order valence-corrected chi connectivity index (χ3v) is 5.28. The van der Waals surface area contributed by atoms with Gasteiger partial charge in [-0.2, -0.15) is 0 Å². The molecule has 1 spiro atoms. The van der Waals surface area contributed by atoms with Crippen molar-refractivity contribution in [1.29, 1.82) is 0 Å². The van der Waals surface area contributed by atoms with Gasteiger partial charge in [-0.1, -0.05) is 11.6 Å². The topological polar surface area (TPSA) is 44.8 Å². The minimum absolute atomic E-state index is 0.108. The average molecular weight is 278 g/mol. The zero-order chi connectivity index (χ0) is 14.1. The second-order valence-electron chi connectivity index (χ2n) is 7.13. The summed E-state index contributed by atoms with van der Waals surface area (Å²) in [7, 11) is 0. The lowest BCUT2D eigenvalue weighted by atomic mass is 9.62. The van der Waals surface area contributed by atoms with Gasteiger partial charge >= 0.3 is 0 Å². The van der Waals surface area contributed by atoms with Gasteiger partial charge in [-0.25, -0.2) is 0 Å². The van der Waals surface area contributed by atoms with E-state index in [9.17, 15) is 4.79 Å². The Morgan fingerprint density at radius 3 is 2.85 bits per heavy atom. The van der Waals surface area contributed by atoms with E-state index in [2.05, 4.69) is 13.0 Å². The molecule has 4 aliphatic rings. The van der Waals surface area contributed by atoms with E-state index in [4.69, 9.17) is 14.2 Å². The molecule has 2 aliphatic carbocycles. The molecule has 0 aromatic heterocycles. The Labute approximate surface area is 119 Å². The maximum atomic E-state index is 12.7. The van der Waals surface area contributed by atoms with E-state index < -0.39 is 11.4 Å². The third kappa shape index (κ3) is 1.56. The first kappa shape index (κ1) is 13.0. The molecule has 4 rings (SSSR count). The number of carbonyl (C=O) groups excluding carboxylic acids is 1. The van der Waals surface area contributed by atoms with Gasteiger partial charge < -0.3 is 14.2 Å². The number of fused-ring (bicyclic) bond motifs is 2. The van der Waals surface area contributed by atoms with Crippen LogP contribution >= 0.6 is 0 Å². The Kier molecular flexibility index (Phi) is 2.55. The van der Waals surface area contributed by atoms with E-state index in [0.717, 1.165) is 19.3 Å². The van der Waals surface area contributed by atoms with Crippen LogP contribution in [0.25, 0.3) is 0 Å². The van der Waals surface area contributed by atoms with Crippen molar-refractivity contribution in [3.63, 3.8) is 0 Å². The Bertz CT molecular complexity index is 495. The number of hydrogen-bond donors (Lipinski definition) is 0. The maximum absolute atomic E-state index is 12.7. The fraction of sp³-hybridized carbons (Fsp3) is 0.812. The average Bonchev–Trinajstić information content (AvgIpc) is 2.79. The largest absolute Gasteiger partial charge is 0.341 e. The van der Waals surface area contributed by atoms with Crippen LogP contribution in [0.3, 0.4) is 0 Å². The summed E-state index contributed by atoms with van der Waals surface area (Å²) in [6.07, 6.45) is 5.25. The molecule has 2 saturated heterocycles. The predicted octanol–water partition coefficient (Wildman–Crippen LogP) is 2.57. The van der Waals surface area contributed by atoms with Crippen LogP contribution in [0.2, 0.25) is 0 Å².